The summed E-state index contributed by atoms with van der Waals surface area (Å²) in [7, 11) is -3.66. The zero-order valence-corrected chi connectivity index (χ0v) is 12.8. The van der Waals surface area contributed by atoms with Crippen LogP contribution in [0.25, 0.3) is 0 Å². The number of aromatic nitrogens is 2. The van der Waals surface area contributed by atoms with Crippen molar-refractivity contribution < 1.29 is 12.8 Å². The number of sulfonamides is 1. The molecule has 0 saturated carbocycles. The molecular formula is C14H18FN3O2S. The summed E-state index contributed by atoms with van der Waals surface area (Å²) in [6.07, 6.45) is 1.95. The fraction of sp³-hybridized carbons (Fsp3) is 0.357. The van der Waals surface area contributed by atoms with Crippen molar-refractivity contribution in [3.63, 3.8) is 0 Å². The lowest BCUT2D eigenvalue weighted by molar-refractivity contribution is 0.420. The average molecular weight is 311 g/mol. The fourth-order valence-electron chi connectivity index (χ4n) is 2.00. The van der Waals surface area contributed by atoms with E-state index in [2.05, 4.69) is 9.97 Å². The molecule has 1 N–H and O–H groups in total. The molecule has 0 aliphatic carbocycles. The Hall–Kier alpha value is -1.73. The predicted molar refractivity (Wildman–Crippen MR) is 77.6 cm³/mol. The second kappa shape index (κ2) is 6.36. The van der Waals surface area contributed by atoms with Gasteiger partial charge >= 0.3 is 0 Å². The molecule has 0 fully saturated rings. The van der Waals surface area contributed by atoms with Crippen LogP contribution in [0.4, 0.5) is 4.39 Å². The van der Waals surface area contributed by atoms with Crippen LogP contribution in [0, 0.1) is 5.82 Å². The van der Waals surface area contributed by atoms with Crippen molar-refractivity contribution in [2.24, 2.45) is 0 Å². The molecule has 0 saturated heterocycles. The Kier molecular flexibility index (Phi) is 4.74. The SMILES string of the molecule is CCc1ncc(S(=O)(=O)N(CC)Cc2cccc(F)c2)[nH]1. The lowest BCUT2D eigenvalue weighted by atomic mass is 10.2. The number of nitrogens with one attached hydrogen (secondary N) is 1. The van der Waals surface area contributed by atoms with E-state index in [0.717, 1.165) is 0 Å². The lowest BCUT2D eigenvalue weighted by Crippen LogP contribution is -2.30. The summed E-state index contributed by atoms with van der Waals surface area (Å²) in [5, 5.41) is 0.0672. The van der Waals surface area contributed by atoms with E-state index in [1.54, 1.807) is 19.1 Å². The Labute approximate surface area is 123 Å². The van der Waals surface area contributed by atoms with E-state index in [-0.39, 0.29) is 17.4 Å². The van der Waals surface area contributed by atoms with Gasteiger partial charge in [-0.1, -0.05) is 26.0 Å². The predicted octanol–water partition coefficient (Wildman–Crippen LogP) is 2.32. The van der Waals surface area contributed by atoms with Crippen LogP contribution >= 0.6 is 0 Å². The number of hydrogen-bond acceptors (Lipinski definition) is 3. The molecule has 2 aromatic rings. The molecule has 0 atom stereocenters. The minimum absolute atomic E-state index is 0.0672. The van der Waals surface area contributed by atoms with Gasteiger partial charge in [0.25, 0.3) is 10.0 Å². The number of aryl methyl sites for hydroxylation is 1. The van der Waals surface area contributed by atoms with Gasteiger partial charge in [0.1, 0.15) is 11.6 Å². The van der Waals surface area contributed by atoms with Gasteiger partial charge in [0, 0.05) is 19.5 Å². The molecule has 1 heterocycles. The molecular weight excluding hydrogens is 293 g/mol. The van der Waals surface area contributed by atoms with Crippen LogP contribution in [-0.4, -0.2) is 29.2 Å². The van der Waals surface area contributed by atoms with Gasteiger partial charge in [-0.2, -0.15) is 4.31 Å². The molecule has 0 aliphatic heterocycles. The summed E-state index contributed by atoms with van der Waals surface area (Å²) in [6, 6.07) is 5.93. The highest BCUT2D eigenvalue weighted by Crippen LogP contribution is 2.17. The quantitative estimate of drug-likeness (QED) is 0.890. The highest BCUT2D eigenvalue weighted by atomic mass is 32.2. The summed E-state index contributed by atoms with van der Waals surface area (Å²) >= 11 is 0. The van der Waals surface area contributed by atoms with Gasteiger partial charge in [-0.05, 0) is 17.7 Å². The van der Waals surface area contributed by atoms with E-state index >= 15 is 0 Å². The number of H-pyrrole nitrogens is 1. The molecule has 0 unspecified atom stereocenters. The van der Waals surface area contributed by atoms with Gasteiger partial charge < -0.3 is 4.98 Å². The van der Waals surface area contributed by atoms with E-state index in [1.165, 1.54) is 22.6 Å². The molecule has 0 radical (unpaired) electrons. The third kappa shape index (κ3) is 3.48. The summed E-state index contributed by atoms with van der Waals surface area (Å²) < 4.78 is 39.6. The fourth-order valence-corrected chi connectivity index (χ4v) is 3.37. The summed E-state index contributed by atoms with van der Waals surface area (Å²) in [5.41, 5.74) is 0.607. The van der Waals surface area contributed by atoms with E-state index in [9.17, 15) is 12.8 Å². The zero-order valence-electron chi connectivity index (χ0n) is 12.0. The Morgan fingerprint density at radius 3 is 2.67 bits per heavy atom. The van der Waals surface area contributed by atoms with E-state index in [4.69, 9.17) is 0 Å². The van der Waals surface area contributed by atoms with Crippen molar-refractivity contribution in [3.8, 4) is 0 Å². The molecule has 5 nitrogen and oxygen atoms in total. The van der Waals surface area contributed by atoms with Crippen LogP contribution in [0.2, 0.25) is 0 Å². The van der Waals surface area contributed by atoms with Gasteiger partial charge in [0.15, 0.2) is 5.03 Å². The number of aromatic amines is 1. The molecule has 0 aliphatic rings. The third-order valence-corrected chi connectivity index (χ3v) is 4.99. The normalized spacial score (nSPS) is 12.0. The minimum Gasteiger partial charge on any atom is -0.332 e. The van der Waals surface area contributed by atoms with Crippen LogP contribution < -0.4 is 0 Å². The van der Waals surface area contributed by atoms with E-state index in [1.807, 2.05) is 6.92 Å². The maximum Gasteiger partial charge on any atom is 0.260 e. The Balaban J connectivity index is 2.27. The Morgan fingerprint density at radius 1 is 1.33 bits per heavy atom. The number of hydrogen-bond donors (Lipinski definition) is 1. The van der Waals surface area contributed by atoms with Gasteiger partial charge in [-0.15, -0.1) is 0 Å². The maximum atomic E-state index is 13.2. The zero-order chi connectivity index (χ0) is 15.5. The van der Waals surface area contributed by atoms with Gasteiger partial charge in [-0.25, -0.2) is 17.8 Å². The number of imidazole rings is 1. The minimum atomic E-state index is -3.66. The van der Waals surface area contributed by atoms with Crippen molar-refractivity contribution in [1.29, 1.82) is 0 Å². The van der Waals surface area contributed by atoms with Gasteiger partial charge in [0.05, 0.1) is 6.20 Å². The standard InChI is InChI=1S/C14H18FN3O2S/c1-3-13-16-9-14(17-13)21(19,20)18(4-2)10-11-6-5-7-12(15)8-11/h5-9H,3-4,10H2,1-2H3,(H,16,17). The van der Waals surface area contributed by atoms with Crippen LogP contribution in [-0.2, 0) is 23.0 Å². The Morgan fingerprint density at radius 2 is 2.10 bits per heavy atom. The summed E-state index contributed by atoms with van der Waals surface area (Å²) in [5.74, 6) is 0.242. The van der Waals surface area contributed by atoms with Crippen molar-refractivity contribution in [2.45, 2.75) is 31.8 Å². The number of benzene rings is 1. The van der Waals surface area contributed by atoms with E-state index < -0.39 is 10.0 Å². The highest BCUT2D eigenvalue weighted by Gasteiger charge is 2.25. The Bertz CT molecular complexity index is 713. The second-order valence-electron chi connectivity index (χ2n) is 4.61. The van der Waals surface area contributed by atoms with Gasteiger partial charge in [-0.3, -0.25) is 0 Å². The topological polar surface area (TPSA) is 66.1 Å². The van der Waals surface area contributed by atoms with Crippen molar-refractivity contribution in [1.82, 2.24) is 14.3 Å². The van der Waals surface area contributed by atoms with Crippen molar-refractivity contribution in [2.75, 3.05) is 6.54 Å². The first-order valence-corrected chi connectivity index (χ1v) is 8.19. The van der Waals surface area contributed by atoms with Crippen LogP contribution in [0.5, 0.6) is 0 Å². The monoisotopic (exact) mass is 311 g/mol. The molecule has 1 aromatic heterocycles. The van der Waals surface area contributed by atoms with Crippen LogP contribution in [0.15, 0.2) is 35.5 Å². The molecule has 0 amide bonds. The van der Waals surface area contributed by atoms with Crippen LogP contribution in [0.1, 0.15) is 25.2 Å². The first kappa shape index (κ1) is 15.7. The van der Waals surface area contributed by atoms with E-state index in [0.29, 0.717) is 24.4 Å². The summed E-state index contributed by atoms with van der Waals surface area (Å²) in [4.78, 5) is 6.82. The molecule has 114 valence electrons. The molecule has 21 heavy (non-hydrogen) atoms. The number of halogens is 1. The first-order valence-electron chi connectivity index (χ1n) is 6.75. The smallest absolute Gasteiger partial charge is 0.260 e. The molecule has 0 bridgehead atoms. The second-order valence-corrected chi connectivity index (χ2v) is 6.52. The maximum absolute atomic E-state index is 13.2. The molecule has 0 spiro atoms. The third-order valence-electron chi connectivity index (χ3n) is 3.16. The average Bonchev–Trinajstić information content (AvgIpc) is 2.94. The lowest BCUT2D eigenvalue weighted by Gasteiger charge is -2.19. The summed E-state index contributed by atoms with van der Waals surface area (Å²) in [6.45, 7) is 4.05. The first-order chi connectivity index (χ1) is 9.97. The van der Waals surface area contributed by atoms with Crippen molar-refractivity contribution >= 4 is 10.0 Å². The number of rotatable bonds is 6. The highest BCUT2D eigenvalue weighted by molar-refractivity contribution is 7.89. The molecule has 1 aromatic carbocycles. The van der Waals surface area contributed by atoms with Crippen LogP contribution in [0.3, 0.4) is 0 Å². The number of nitrogens with zero attached hydrogens (tertiary/aromatic N) is 2. The molecule has 2 rings (SSSR count). The van der Waals surface area contributed by atoms with Gasteiger partial charge in [0.2, 0.25) is 0 Å². The molecule has 7 heteroatoms. The van der Waals surface area contributed by atoms with Crippen molar-refractivity contribution in [3.05, 3.63) is 47.7 Å². The largest absolute Gasteiger partial charge is 0.332 e.